The third kappa shape index (κ3) is 6.98. The Morgan fingerprint density at radius 2 is 1.53 bits per heavy atom. The molecule has 32 heavy (non-hydrogen) atoms. The first-order chi connectivity index (χ1) is 15.3. The predicted molar refractivity (Wildman–Crippen MR) is 123 cm³/mol. The van der Waals surface area contributed by atoms with Crippen molar-refractivity contribution in [3.05, 3.63) is 95.6 Å². The molecule has 0 aliphatic heterocycles. The fourth-order valence-corrected chi connectivity index (χ4v) is 3.03. The first-order valence-electron chi connectivity index (χ1n) is 10.6. The van der Waals surface area contributed by atoms with Gasteiger partial charge >= 0.3 is 11.9 Å². The fourth-order valence-electron chi connectivity index (χ4n) is 3.03. The van der Waals surface area contributed by atoms with Crippen molar-refractivity contribution >= 4 is 11.9 Å². The summed E-state index contributed by atoms with van der Waals surface area (Å²) in [5, 5.41) is 0. The van der Waals surface area contributed by atoms with E-state index in [-0.39, 0.29) is 24.4 Å². The quantitative estimate of drug-likeness (QED) is 0.354. The van der Waals surface area contributed by atoms with Gasteiger partial charge in [0.25, 0.3) is 0 Å². The van der Waals surface area contributed by atoms with Gasteiger partial charge in [-0.05, 0) is 46.9 Å². The van der Waals surface area contributed by atoms with Gasteiger partial charge in [-0.2, -0.15) is 0 Å². The average Bonchev–Trinajstić information content (AvgIpc) is 2.78. The van der Waals surface area contributed by atoms with Crippen LogP contribution < -0.4 is 9.47 Å². The summed E-state index contributed by atoms with van der Waals surface area (Å²) in [6.45, 7) is 6.43. The minimum atomic E-state index is -0.556. The van der Waals surface area contributed by atoms with Crippen molar-refractivity contribution in [2.75, 3.05) is 13.2 Å². The van der Waals surface area contributed by atoms with Gasteiger partial charge < -0.3 is 14.2 Å². The van der Waals surface area contributed by atoms with E-state index in [0.717, 1.165) is 5.56 Å². The van der Waals surface area contributed by atoms with Crippen LogP contribution in [0.25, 0.3) is 0 Å². The third-order valence-corrected chi connectivity index (χ3v) is 4.85. The highest BCUT2D eigenvalue weighted by Crippen LogP contribution is 2.24. The lowest BCUT2D eigenvalue weighted by molar-refractivity contribution is -0.136. The van der Waals surface area contributed by atoms with Crippen LogP contribution in [0, 0.1) is 0 Å². The fraction of sp³-hybridized carbons (Fsp3) is 0.259. The zero-order valence-corrected chi connectivity index (χ0v) is 18.7. The van der Waals surface area contributed by atoms with E-state index in [4.69, 9.17) is 14.2 Å². The summed E-state index contributed by atoms with van der Waals surface area (Å²) in [5.41, 5.74) is 2.64. The van der Waals surface area contributed by atoms with Gasteiger partial charge in [0.15, 0.2) is 6.61 Å². The van der Waals surface area contributed by atoms with Crippen molar-refractivity contribution in [1.82, 2.24) is 0 Å². The molecular weight excluding hydrogens is 404 g/mol. The third-order valence-electron chi connectivity index (χ3n) is 4.85. The highest BCUT2D eigenvalue weighted by molar-refractivity contribution is 5.90. The first-order valence-corrected chi connectivity index (χ1v) is 10.6. The molecule has 0 saturated carbocycles. The van der Waals surface area contributed by atoms with E-state index in [1.54, 1.807) is 18.2 Å². The maximum atomic E-state index is 12.3. The van der Waals surface area contributed by atoms with Crippen molar-refractivity contribution in [3.8, 4) is 11.5 Å². The van der Waals surface area contributed by atoms with Crippen molar-refractivity contribution in [3.63, 3.8) is 0 Å². The first kappa shape index (κ1) is 23.1. The van der Waals surface area contributed by atoms with Crippen LogP contribution in [0.3, 0.4) is 0 Å². The van der Waals surface area contributed by atoms with Gasteiger partial charge in [0.1, 0.15) is 11.5 Å². The number of carbonyl (C=O) groups is 2. The second-order valence-electron chi connectivity index (χ2n) is 8.44. The molecule has 0 atom stereocenters. The van der Waals surface area contributed by atoms with Gasteiger partial charge in [-0.25, -0.2) is 9.59 Å². The molecular formula is C27H28O5. The van der Waals surface area contributed by atoms with E-state index in [0.29, 0.717) is 17.7 Å². The number of hydrogen-bond acceptors (Lipinski definition) is 5. The molecule has 5 heteroatoms. The molecule has 0 saturated heterocycles. The van der Waals surface area contributed by atoms with Crippen LogP contribution in [0.15, 0.2) is 78.9 Å². The molecule has 0 aliphatic carbocycles. The number of ether oxygens (including phenoxy) is 3. The maximum Gasteiger partial charge on any atom is 0.349 e. The summed E-state index contributed by atoms with van der Waals surface area (Å²) in [6, 6.07) is 23.8. The normalized spacial score (nSPS) is 11.0. The highest BCUT2D eigenvalue weighted by Gasteiger charge is 2.14. The Hall–Kier alpha value is -3.60. The monoisotopic (exact) mass is 432 g/mol. The summed E-state index contributed by atoms with van der Waals surface area (Å²) >= 11 is 0. The number of rotatable bonds is 8. The van der Waals surface area contributed by atoms with Crippen molar-refractivity contribution in [1.29, 1.82) is 0 Å². The molecule has 166 valence electrons. The van der Waals surface area contributed by atoms with Gasteiger partial charge in [0.2, 0.25) is 0 Å². The molecule has 0 fully saturated rings. The molecule has 3 rings (SSSR count). The zero-order valence-electron chi connectivity index (χ0n) is 18.7. The van der Waals surface area contributed by atoms with Gasteiger partial charge in [0.05, 0.1) is 12.2 Å². The predicted octanol–water partition coefficient (Wildman–Crippen LogP) is 5.37. The molecule has 3 aromatic rings. The molecule has 0 spiro atoms. The molecule has 0 aliphatic rings. The van der Waals surface area contributed by atoms with E-state index in [1.165, 1.54) is 11.6 Å². The largest absolute Gasteiger partial charge is 0.482 e. The second-order valence-corrected chi connectivity index (χ2v) is 8.44. The Balaban J connectivity index is 1.48. The Kier molecular flexibility index (Phi) is 7.66. The zero-order chi connectivity index (χ0) is 23.0. The minimum Gasteiger partial charge on any atom is -0.482 e. The lowest BCUT2D eigenvalue weighted by Gasteiger charge is -2.19. The molecule has 0 amide bonds. The molecule has 0 N–H and O–H groups in total. The molecule has 0 aromatic heterocycles. The number of hydrogen-bond donors (Lipinski definition) is 0. The average molecular weight is 433 g/mol. The number of benzene rings is 3. The topological polar surface area (TPSA) is 61.8 Å². The molecule has 3 aromatic carbocycles. The molecule has 5 nitrogen and oxygen atoms in total. The van der Waals surface area contributed by atoms with Gasteiger partial charge in [-0.3, -0.25) is 0 Å². The summed E-state index contributed by atoms with van der Waals surface area (Å²) in [7, 11) is 0. The molecule has 0 heterocycles. The van der Waals surface area contributed by atoms with E-state index in [9.17, 15) is 9.59 Å². The Morgan fingerprint density at radius 3 is 2.22 bits per heavy atom. The second kappa shape index (κ2) is 10.6. The highest BCUT2D eigenvalue weighted by atomic mass is 16.6. The van der Waals surface area contributed by atoms with Crippen LogP contribution in [0.1, 0.15) is 42.3 Å². The van der Waals surface area contributed by atoms with Crippen LogP contribution in [-0.2, 0) is 21.4 Å². The van der Waals surface area contributed by atoms with Crippen LogP contribution >= 0.6 is 0 Å². The summed E-state index contributed by atoms with van der Waals surface area (Å²) < 4.78 is 16.1. The molecule has 0 unspecified atom stereocenters. The van der Waals surface area contributed by atoms with Gasteiger partial charge in [0, 0.05) is 6.42 Å². The van der Waals surface area contributed by atoms with Gasteiger partial charge in [-0.15, -0.1) is 0 Å². The Labute approximate surface area is 188 Å². The smallest absolute Gasteiger partial charge is 0.349 e. The SMILES string of the molecule is CC(C)(C)c1ccc(OCC(=O)Oc2cccc(C(=O)OCCc3ccccc3)c2)cc1. The Bertz CT molecular complexity index is 1030. The summed E-state index contributed by atoms with van der Waals surface area (Å²) in [4.78, 5) is 24.5. The lowest BCUT2D eigenvalue weighted by Crippen LogP contribution is -2.18. The lowest BCUT2D eigenvalue weighted by atomic mass is 9.87. The van der Waals surface area contributed by atoms with Crippen molar-refractivity contribution in [2.45, 2.75) is 32.6 Å². The van der Waals surface area contributed by atoms with E-state index < -0.39 is 11.9 Å². The standard InChI is InChI=1S/C27H28O5/c1-27(2,3)22-12-14-23(15-13-22)31-19-25(28)32-24-11-7-10-21(18-24)26(29)30-17-16-20-8-5-4-6-9-20/h4-15,18H,16-17,19H2,1-3H3. The Morgan fingerprint density at radius 1 is 0.812 bits per heavy atom. The van der Waals surface area contributed by atoms with Crippen LogP contribution in [0.2, 0.25) is 0 Å². The summed E-state index contributed by atoms with van der Waals surface area (Å²) in [6.07, 6.45) is 0.634. The van der Waals surface area contributed by atoms with Gasteiger partial charge in [-0.1, -0.05) is 69.3 Å². The van der Waals surface area contributed by atoms with Crippen molar-refractivity contribution in [2.24, 2.45) is 0 Å². The molecule has 0 radical (unpaired) electrons. The van der Waals surface area contributed by atoms with Crippen LogP contribution in [0.5, 0.6) is 11.5 Å². The maximum absolute atomic E-state index is 12.3. The van der Waals surface area contributed by atoms with Crippen LogP contribution in [0.4, 0.5) is 0 Å². The van der Waals surface area contributed by atoms with Crippen molar-refractivity contribution < 1.29 is 23.8 Å². The van der Waals surface area contributed by atoms with E-state index >= 15 is 0 Å². The summed E-state index contributed by atoms with van der Waals surface area (Å²) in [5.74, 6) is -0.168. The number of carbonyl (C=O) groups excluding carboxylic acids is 2. The minimum absolute atomic E-state index is 0.0468. The van der Waals surface area contributed by atoms with Crippen LogP contribution in [-0.4, -0.2) is 25.2 Å². The van der Waals surface area contributed by atoms with E-state index in [1.807, 2.05) is 54.6 Å². The molecule has 0 bridgehead atoms. The number of esters is 2. The van der Waals surface area contributed by atoms with E-state index in [2.05, 4.69) is 20.8 Å².